The molecule has 0 radical (unpaired) electrons. The molecule has 4 rings (SSSR count). The number of nitrogens with zero attached hydrogens (tertiary/aromatic N) is 2. The normalized spacial score (nSPS) is 24.4. The molecule has 0 aliphatic carbocycles. The summed E-state index contributed by atoms with van der Waals surface area (Å²) in [6.45, 7) is 5.26. The number of hydrogen-bond acceptors (Lipinski definition) is 2. The molecule has 2 aromatic rings. The van der Waals surface area contributed by atoms with Gasteiger partial charge in [-0.1, -0.05) is 42.5 Å². The van der Waals surface area contributed by atoms with Gasteiger partial charge in [-0.25, -0.2) is 0 Å². The molecule has 1 amide bonds. The summed E-state index contributed by atoms with van der Waals surface area (Å²) in [4.78, 5) is 17.5. The van der Waals surface area contributed by atoms with Gasteiger partial charge >= 0.3 is 0 Å². The zero-order chi connectivity index (χ0) is 15.6. The zero-order valence-electron chi connectivity index (χ0n) is 13.6. The molecule has 0 saturated carbocycles. The van der Waals surface area contributed by atoms with Gasteiger partial charge in [0.25, 0.3) is 0 Å². The predicted molar refractivity (Wildman–Crippen MR) is 93.4 cm³/mol. The van der Waals surface area contributed by atoms with Crippen LogP contribution >= 0.6 is 0 Å². The molecule has 120 valence electrons. The highest BCUT2D eigenvalue weighted by molar-refractivity contribution is 5.90. The summed E-state index contributed by atoms with van der Waals surface area (Å²) in [7, 11) is 0. The van der Waals surface area contributed by atoms with Gasteiger partial charge in [0.2, 0.25) is 5.91 Å². The van der Waals surface area contributed by atoms with E-state index < -0.39 is 0 Å². The maximum Gasteiger partial charge on any atom is 0.227 e. The van der Waals surface area contributed by atoms with Gasteiger partial charge in [-0.15, -0.1) is 0 Å². The van der Waals surface area contributed by atoms with Crippen molar-refractivity contribution < 1.29 is 4.79 Å². The Labute approximate surface area is 137 Å². The fraction of sp³-hybridized carbons (Fsp3) is 0.450. The van der Waals surface area contributed by atoms with Crippen LogP contribution in [0.25, 0.3) is 10.8 Å². The molecule has 0 aromatic heterocycles. The van der Waals surface area contributed by atoms with Gasteiger partial charge in [-0.2, -0.15) is 0 Å². The fourth-order valence-corrected chi connectivity index (χ4v) is 4.12. The Morgan fingerprint density at radius 1 is 1.00 bits per heavy atom. The van der Waals surface area contributed by atoms with Crippen molar-refractivity contribution in [1.29, 1.82) is 0 Å². The van der Waals surface area contributed by atoms with Crippen molar-refractivity contribution in [3.63, 3.8) is 0 Å². The van der Waals surface area contributed by atoms with E-state index in [1.807, 2.05) is 0 Å². The molecular weight excluding hydrogens is 284 g/mol. The summed E-state index contributed by atoms with van der Waals surface area (Å²) in [6, 6.07) is 14.6. The number of fused-ring (bicyclic) bond motifs is 3. The minimum absolute atomic E-state index is 0.287. The van der Waals surface area contributed by atoms with Crippen LogP contribution in [-0.2, 0) is 11.2 Å². The third-order valence-electron chi connectivity index (χ3n) is 5.34. The standard InChI is InChI=1S/C20H24N2O/c23-20(22-12-11-21-10-4-5-16(14-21)15-22)13-18-8-3-7-17-6-1-2-9-19(17)18/h1-3,6-9,16H,4-5,10-15H2. The summed E-state index contributed by atoms with van der Waals surface area (Å²) in [5.74, 6) is 0.956. The quantitative estimate of drug-likeness (QED) is 0.851. The maximum absolute atomic E-state index is 12.9. The first-order valence-corrected chi connectivity index (χ1v) is 8.76. The molecule has 0 N–H and O–H groups in total. The molecule has 2 aliphatic heterocycles. The molecule has 2 atom stereocenters. The van der Waals surface area contributed by atoms with Crippen molar-refractivity contribution in [2.75, 3.05) is 32.7 Å². The second-order valence-corrected chi connectivity index (χ2v) is 6.96. The van der Waals surface area contributed by atoms with E-state index >= 15 is 0 Å². The predicted octanol–water partition coefficient (Wildman–Crippen LogP) is 2.94. The molecule has 2 unspecified atom stereocenters. The first-order valence-electron chi connectivity index (χ1n) is 8.76. The molecule has 2 heterocycles. The van der Waals surface area contributed by atoms with Crippen LogP contribution in [-0.4, -0.2) is 48.4 Å². The number of carbonyl (C=O) groups is 1. The Hall–Kier alpha value is -1.87. The molecule has 2 bridgehead atoms. The zero-order valence-corrected chi connectivity index (χ0v) is 13.6. The maximum atomic E-state index is 12.9. The third-order valence-corrected chi connectivity index (χ3v) is 5.34. The Morgan fingerprint density at radius 3 is 2.83 bits per heavy atom. The third kappa shape index (κ3) is 3.11. The summed E-state index contributed by atoms with van der Waals surface area (Å²) in [5.41, 5.74) is 1.15. The second-order valence-electron chi connectivity index (χ2n) is 6.96. The van der Waals surface area contributed by atoms with Gasteiger partial charge in [-0.3, -0.25) is 4.79 Å². The van der Waals surface area contributed by atoms with E-state index in [1.54, 1.807) is 0 Å². The van der Waals surface area contributed by atoms with E-state index in [1.165, 1.54) is 36.7 Å². The van der Waals surface area contributed by atoms with Crippen molar-refractivity contribution in [1.82, 2.24) is 9.80 Å². The van der Waals surface area contributed by atoms with E-state index in [0.29, 0.717) is 12.3 Å². The van der Waals surface area contributed by atoms with E-state index in [0.717, 1.165) is 25.2 Å². The topological polar surface area (TPSA) is 23.6 Å². The Kier molecular flexibility index (Phi) is 4.04. The SMILES string of the molecule is O=C(Cc1cccc2ccccc12)N1CCN2CCCC(C2)C1. The first kappa shape index (κ1) is 14.7. The van der Waals surface area contributed by atoms with Gasteiger partial charge in [0, 0.05) is 26.2 Å². The highest BCUT2D eigenvalue weighted by atomic mass is 16.2. The lowest BCUT2D eigenvalue weighted by atomic mass is 9.98. The number of benzene rings is 2. The van der Waals surface area contributed by atoms with Crippen LogP contribution in [0.2, 0.25) is 0 Å². The lowest BCUT2D eigenvalue weighted by Crippen LogP contribution is -2.36. The summed E-state index contributed by atoms with van der Waals surface area (Å²) in [6.07, 6.45) is 3.08. The van der Waals surface area contributed by atoms with Crippen molar-refractivity contribution in [3.05, 3.63) is 48.0 Å². The minimum Gasteiger partial charge on any atom is -0.341 e. The van der Waals surface area contributed by atoms with Crippen LogP contribution in [0, 0.1) is 5.92 Å². The number of amides is 1. The first-order chi connectivity index (χ1) is 11.3. The van der Waals surface area contributed by atoms with Crippen molar-refractivity contribution >= 4 is 16.7 Å². The van der Waals surface area contributed by atoms with Gasteiger partial charge in [-0.05, 0) is 41.6 Å². The van der Waals surface area contributed by atoms with E-state index in [-0.39, 0.29) is 5.91 Å². The van der Waals surface area contributed by atoms with Gasteiger partial charge in [0.1, 0.15) is 0 Å². The molecule has 23 heavy (non-hydrogen) atoms. The molecule has 3 heteroatoms. The van der Waals surface area contributed by atoms with Crippen LogP contribution in [0.3, 0.4) is 0 Å². The summed E-state index contributed by atoms with van der Waals surface area (Å²) < 4.78 is 0. The summed E-state index contributed by atoms with van der Waals surface area (Å²) in [5, 5.41) is 2.43. The van der Waals surface area contributed by atoms with Crippen LogP contribution < -0.4 is 0 Å². The lowest BCUT2D eigenvalue weighted by Gasteiger charge is -2.29. The smallest absolute Gasteiger partial charge is 0.227 e. The van der Waals surface area contributed by atoms with Crippen LogP contribution in [0.4, 0.5) is 0 Å². The second kappa shape index (κ2) is 6.32. The van der Waals surface area contributed by atoms with Gasteiger partial charge in [0.15, 0.2) is 0 Å². The van der Waals surface area contributed by atoms with Crippen LogP contribution in [0.15, 0.2) is 42.5 Å². The molecular formula is C20H24N2O. The molecule has 2 aromatic carbocycles. The highest BCUT2D eigenvalue weighted by Gasteiger charge is 2.28. The lowest BCUT2D eigenvalue weighted by molar-refractivity contribution is -0.130. The Bertz CT molecular complexity index is 706. The van der Waals surface area contributed by atoms with Crippen molar-refractivity contribution in [2.45, 2.75) is 19.3 Å². The van der Waals surface area contributed by atoms with E-state index in [4.69, 9.17) is 0 Å². The molecule has 2 fully saturated rings. The number of piperidine rings is 1. The van der Waals surface area contributed by atoms with Crippen molar-refractivity contribution in [2.24, 2.45) is 5.92 Å². The average Bonchev–Trinajstić information content (AvgIpc) is 2.73. The van der Waals surface area contributed by atoms with E-state index in [9.17, 15) is 4.79 Å². The fourth-order valence-electron chi connectivity index (χ4n) is 4.12. The summed E-state index contributed by atoms with van der Waals surface area (Å²) >= 11 is 0. The number of carbonyl (C=O) groups excluding carboxylic acids is 1. The molecule has 3 nitrogen and oxygen atoms in total. The Morgan fingerprint density at radius 2 is 1.87 bits per heavy atom. The largest absolute Gasteiger partial charge is 0.341 e. The molecule has 2 saturated heterocycles. The number of hydrogen-bond donors (Lipinski definition) is 0. The molecule has 0 spiro atoms. The average molecular weight is 308 g/mol. The molecule has 2 aliphatic rings. The van der Waals surface area contributed by atoms with Gasteiger partial charge < -0.3 is 9.80 Å². The minimum atomic E-state index is 0.287. The highest BCUT2D eigenvalue weighted by Crippen LogP contribution is 2.23. The van der Waals surface area contributed by atoms with Crippen molar-refractivity contribution in [3.8, 4) is 0 Å². The Balaban J connectivity index is 1.52. The monoisotopic (exact) mass is 308 g/mol. The number of rotatable bonds is 2. The van der Waals surface area contributed by atoms with Crippen LogP contribution in [0.5, 0.6) is 0 Å². The van der Waals surface area contributed by atoms with Crippen LogP contribution in [0.1, 0.15) is 18.4 Å². The van der Waals surface area contributed by atoms with Gasteiger partial charge in [0.05, 0.1) is 6.42 Å². The van der Waals surface area contributed by atoms with E-state index in [2.05, 4.69) is 52.3 Å².